The lowest BCUT2D eigenvalue weighted by atomic mass is 10.1. The lowest BCUT2D eigenvalue weighted by Gasteiger charge is -2.07. The monoisotopic (exact) mass is 308 g/mol. The number of oxazole rings is 1. The van der Waals surface area contributed by atoms with E-state index in [4.69, 9.17) is 4.42 Å². The molecular weight excluding hydrogens is 288 g/mol. The van der Waals surface area contributed by atoms with Gasteiger partial charge >= 0.3 is 0 Å². The molecule has 4 nitrogen and oxygen atoms in total. The lowest BCUT2D eigenvalue weighted by Crippen LogP contribution is -2.12. The van der Waals surface area contributed by atoms with Crippen LogP contribution in [-0.4, -0.2) is 10.9 Å². The highest BCUT2D eigenvalue weighted by Gasteiger charge is 2.07. The third kappa shape index (κ3) is 3.77. The van der Waals surface area contributed by atoms with Crippen LogP contribution in [0, 0.1) is 20.8 Å². The number of aryl methyl sites for hydroxylation is 4. The molecule has 0 saturated carbocycles. The van der Waals surface area contributed by atoms with Crippen molar-refractivity contribution >= 4 is 22.7 Å². The molecule has 1 aromatic heterocycles. The van der Waals surface area contributed by atoms with E-state index in [1.807, 2.05) is 51.1 Å². The van der Waals surface area contributed by atoms with Crippen molar-refractivity contribution in [3.63, 3.8) is 0 Å². The van der Waals surface area contributed by atoms with Crippen LogP contribution in [-0.2, 0) is 11.2 Å². The number of hydrogen-bond donors (Lipinski definition) is 1. The van der Waals surface area contributed by atoms with Gasteiger partial charge < -0.3 is 9.73 Å². The van der Waals surface area contributed by atoms with Crippen LogP contribution in [0.1, 0.15) is 29.0 Å². The number of hydrogen-bond acceptors (Lipinski definition) is 3. The highest BCUT2D eigenvalue weighted by molar-refractivity contribution is 5.91. The fourth-order valence-electron chi connectivity index (χ4n) is 2.77. The number of fused-ring (bicyclic) bond motifs is 1. The Morgan fingerprint density at radius 2 is 1.83 bits per heavy atom. The number of carbonyl (C=O) groups is 1. The van der Waals surface area contributed by atoms with Crippen LogP contribution in [0.5, 0.6) is 0 Å². The van der Waals surface area contributed by atoms with Gasteiger partial charge in [0, 0.05) is 19.0 Å². The van der Waals surface area contributed by atoms with Gasteiger partial charge in [-0.1, -0.05) is 12.1 Å². The first kappa shape index (κ1) is 15.3. The minimum atomic E-state index is 0.0198. The normalized spacial score (nSPS) is 10.9. The number of rotatable bonds is 4. The van der Waals surface area contributed by atoms with Crippen molar-refractivity contribution in [1.82, 2.24) is 4.98 Å². The molecule has 0 bridgehead atoms. The Hall–Kier alpha value is -2.62. The van der Waals surface area contributed by atoms with Crippen LogP contribution < -0.4 is 5.32 Å². The summed E-state index contributed by atoms with van der Waals surface area (Å²) in [6.45, 7) is 5.88. The summed E-state index contributed by atoms with van der Waals surface area (Å²) in [6, 6.07) is 11.9. The number of aromatic nitrogens is 1. The Labute approximate surface area is 135 Å². The zero-order valence-corrected chi connectivity index (χ0v) is 13.6. The van der Waals surface area contributed by atoms with Crippen LogP contribution in [0.15, 0.2) is 40.8 Å². The molecule has 3 aromatic rings. The van der Waals surface area contributed by atoms with E-state index in [2.05, 4.69) is 16.4 Å². The second-order valence-electron chi connectivity index (χ2n) is 5.96. The van der Waals surface area contributed by atoms with E-state index < -0.39 is 0 Å². The maximum atomic E-state index is 12.1. The Bertz CT molecular complexity index is 845. The van der Waals surface area contributed by atoms with Gasteiger partial charge in [-0.3, -0.25) is 4.79 Å². The molecule has 4 heteroatoms. The maximum Gasteiger partial charge on any atom is 0.224 e. The zero-order valence-electron chi connectivity index (χ0n) is 13.6. The van der Waals surface area contributed by atoms with Crippen molar-refractivity contribution in [2.45, 2.75) is 33.6 Å². The average molecular weight is 308 g/mol. The summed E-state index contributed by atoms with van der Waals surface area (Å²) in [5.74, 6) is 0.677. The zero-order chi connectivity index (χ0) is 16.4. The molecule has 1 heterocycles. The van der Waals surface area contributed by atoms with Crippen molar-refractivity contribution < 1.29 is 9.21 Å². The molecule has 2 aromatic carbocycles. The van der Waals surface area contributed by atoms with Crippen LogP contribution in [0.3, 0.4) is 0 Å². The number of anilines is 1. The molecule has 1 amide bonds. The predicted molar refractivity (Wildman–Crippen MR) is 91.6 cm³/mol. The van der Waals surface area contributed by atoms with Gasteiger partial charge in [-0.2, -0.15) is 0 Å². The highest BCUT2D eigenvalue weighted by atomic mass is 16.3. The van der Waals surface area contributed by atoms with Crippen molar-refractivity contribution in [1.29, 1.82) is 0 Å². The average Bonchev–Trinajstić information content (AvgIpc) is 2.83. The van der Waals surface area contributed by atoms with E-state index in [1.54, 1.807) is 0 Å². The number of nitrogens with zero attached hydrogens (tertiary/aromatic N) is 1. The molecular formula is C19H20N2O2. The molecule has 0 atom stereocenters. The van der Waals surface area contributed by atoms with Crippen LogP contribution >= 0.6 is 0 Å². The summed E-state index contributed by atoms with van der Waals surface area (Å²) < 4.78 is 5.46. The van der Waals surface area contributed by atoms with Gasteiger partial charge in [0.2, 0.25) is 5.91 Å². The minimum Gasteiger partial charge on any atom is -0.441 e. The third-order valence-corrected chi connectivity index (χ3v) is 3.71. The van der Waals surface area contributed by atoms with Crippen LogP contribution in [0.25, 0.3) is 11.1 Å². The number of nitrogens with one attached hydrogen (secondary N) is 1. The van der Waals surface area contributed by atoms with E-state index in [0.717, 1.165) is 33.5 Å². The standard InChI is InChI=1S/C19H20N2O2/c1-12-8-13(2)10-16(9-12)21-19(22)7-5-15-4-6-18-17(11-15)20-14(3)23-18/h4,6,8-11H,5,7H2,1-3H3,(H,21,22). The molecule has 0 aliphatic carbocycles. The third-order valence-electron chi connectivity index (χ3n) is 3.71. The molecule has 0 aliphatic rings. The van der Waals surface area contributed by atoms with Gasteiger partial charge in [-0.25, -0.2) is 4.98 Å². The molecule has 0 unspecified atom stereocenters. The molecule has 0 saturated heterocycles. The Kier molecular flexibility index (Phi) is 4.15. The molecule has 0 fully saturated rings. The first-order valence-electron chi connectivity index (χ1n) is 7.74. The maximum absolute atomic E-state index is 12.1. The second-order valence-corrected chi connectivity index (χ2v) is 5.96. The Morgan fingerprint density at radius 3 is 2.57 bits per heavy atom. The topological polar surface area (TPSA) is 55.1 Å². The van der Waals surface area contributed by atoms with E-state index in [-0.39, 0.29) is 5.91 Å². The summed E-state index contributed by atoms with van der Waals surface area (Å²) in [5.41, 5.74) is 5.86. The number of amides is 1. The molecule has 0 aliphatic heterocycles. The van der Waals surface area contributed by atoms with Crippen LogP contribution in [0.4, 0.5) is 5.69 Å². The van der Waals surface area contributed by atoms with Gasteiger partial charge in [-0.05, 0) is 61.2 Å². The number of benzene rings is 2. The van der Waals surface area contributed by atoms with Crippen molar-refractivity contribution in [3.8, 4) is 0 Å². The van der Waals surface area contributed by atoms with Crippen molar-refractivity contribution in [3.05, 3.63) is 59.0 Å². The summed E-state index contributed by atoms with van der Waals surface area (Å²) in [6.07, 6.45) is 1.12. The van der Waals surface area contributed by atoms with Gasteiger partial charge in [0.1, 0.15) is 5.52 Å². The van der Waals surface area contributed by atoms with E-state index >= 15 is 0 Å². The van der Waals surface area contributed by atoms with Crippen molar-refractivity contribution in [2.24, 2.45) is 0 Å². The van der Waals surface area contributed by atoms with Gasteiger partial charge in [0.25, 0.3) is 0 Å². The first-order chi connectivity index (χ1) is 11.0. The molecule has 1 N–H and O–H groups in total. The number of carbonyl (C=O) groups excluding carboxylic acids is 1. The molecule has 0 spiro atoms. The fourth-order valence-corrected chi connectivity index (χ4v) is 2.77. The summed E-state index contributed by atoms with van der Waals surface area (Å²) in [5, 5.41) is 2.96. The summed E-state index contributed by atoms with van der Waals surface area (Å²) in [7, 11) is 0. The largest absolute Gasteiger partial charge is 0.441 e. The van der Waals surface area contributed by atoms with Crippen molar-refractivity contribution in [2.75, 3.05) is 5.32 Å². The summed E-state index contributed by atoms with van der Waals surface area (Å²) >= 11 is 0. The molecule has 0 radical (unpaired) electrons. The minimum absolute atomic E-state index is 0.0198. The fraction of sp³-hybridized carbons (Fsp3) is 0.263. The molecule has 118 valence electrons. The Morgan fingerprint density at radius 1 is 1.09 bits per heavy atom. The Balaban J connectivity index is 1.63. The quantitative estimate of drug-likeness (QED) is 0.780. The van der Waals surface area contributed by atoms with E-state index in [0.29, 0.717) is 18.7 Å². The first-order valence-corrected chi connectivity index (χ1v) is 7.74. The van der Waals surface area contributed by atoms with E-state index in [1.165, 1.54) is 0 Å². The highest BCUT2D eigenvalue weighted by Crippen LogP contribution is 2.18. The van der Waals surface area contributed by atoms with Crippen LogP contribution in [0.2, 0.25) is 0 Å². The second kappa shape index (κ2) is 6.24. The molecule has 23 heavy (non-hydrogen) atoms. The lowest BCUT2D eigenvalue weighted by molar-refractivity contribution is -0.116. The van der Waals surface area contributed by atoms with Gasteiger partial charge in [0.05, 0.1) is 0 Å². The summed E-state index contributed by atoms with van der Waals surface area (Å²) in [4.78, 5) is 16.5. The van der Waals surface area contributed by atoms with Gasteiger partial charge in [-0.15, -0.1) is 0 Å². The smallest absolute Gasteiger partial charge is 0.224 e. The SMILES string of the molecule is Cc1cc(C)cc(NC(=O)CCc2ccc3oc(C)nc3c2)c1. The van der Waals surface area contributed by atoms with E-state index in [9.17, 15) is 4.79 Å². The molecule has 3 rings (SSSR count). The predicted octanol–water partition coefficient (Wildman–Crippen LogP) is 4.32. The van der Waals surface area contributed by atoms with Gasteiger partial charge in [0.15, 0.2) is 11.5 Å².